The van der Waals surface area contributed by atoms with Crippen molar-refractivity contribution in [3.8, 4) is 5.75 Å². The van der Waals surface area contributed by atoms with Crippen LogP contribution in [-0.2, 0) is 0 Å². The average Bonchev–Trinajstić information content (AvgIpc) is 2.99. The monoisotopic (exact) mass is 289 g/mol. The summed E-state index contributed by atoms with van der Waals surface area (Å²) in [5.41, 5.74) is 0.584. The van der Waals surface area contributed by atoms with Gasteiger partial charge in [-0.25, -0.2) is 4.79 Å². The van der Waals surface area contributed by atoms with Crippen LogP contribution in [0.15, 0.2) is 35.7 Å². The predicted molar refractivity (Wildman–Crippen MR) is 74.9 cm³/mol. The second-order valence-electron chi connectivity index (χ2n) is 4.24. The van der Waals surface area contributed by atoms with E-state index in [-0.39, 0.29) is 23.8 Å². The van der Waals surface area contributed by atoms with Crippen LogP contribution in [0.3, 0.4) is 0 Å². The van der Waals surface area contributed by atoms with Crippen molar-refractivity contribution in [1.29, 1.82) is 0 Å². The molecule has 0 atom stereocenters. The molecule has 1 amide bonds. The van der Waals surface area contributed by atoms with Gasteiger partial charge in [-0.05, 0) is 23.6 Å². The van der Waals surface area contributed by atoms with Gasteiger partial charge in [0.25, 0.3) is 5.91 Å². The van der Waals surface area contributed by atoms with Crippen molar-refractivity contribution in [1.82, 2.24) is 0 Å². The molecule has 3 rings (SSSR count). The van der Waals surface area contributed by atoms with E-state index in [9.17, 15) is 9.59 Å². The van der Waals surface area contributed by atoms with Gasteiger partial charge in [0.15, 0.2) is 5.75 Å². The first-order chi connectivity index (χ1) is 9.68. The minimum absolute atomic E-state index is 0.0752. The lowest BCUT2D eigenvalue weighted by Crippen LogP contribution is -2.38. The maximum absolute atomic E-state index is 12.4. The van der Waals surface area contributed by atoms with E-state index in [2.05, 4.69) is 0 Å². The number of hydrogen-bond donors (Lipinski definition) is 1. The zero-order chi connectivity index (χ0) is 14.1. The van der Waals surface area contributed by atoms with E-state index >= 15 is 0 Å². The van der Waals surface area contributed by atoms with Gasteiger partial charge in [-0.15, -0.1) is 11.3 Å². The number of hydrogen-bond acceptors (Lipinski definition) is 4. The number of anilines is 1. The Hall–Kier alpha value is -2.34. The Balaban J connectivity index is 2.05. The van der Waals surface area contributed by atoms with Gasteiger partial charge in [0.2, 0.25) is 0 Å². The van der Waals surface area contributed by atoms with E-state index < -0.39 is 5.97 Å². The van der Waals surface area contributed by atoms with Gasteiger partial charge in [-0.1, -0.05) is 12.1 Å². The summed E-state index contributed by atoms with van der Waals surface area (Å²) in [5.74, 6) is -0.935. The molecular formula is C14H11NO4S. The average molecular weight is 289 g/mol. The number of fused-ring (bicyclic) bond motifs is 1. The van der Waals surface area contributed by atoms with E-state index in [0.29, 0.717) is 17.1 Å². The Labute approximate surface area is 119 Å². The third kappa shape index (κ3) is 2.04. The fraction of sp³-hybridized carbons (Fsp3) is 0.143. The molecule has 1 N–H and O–H groups in total. The fourth-order valence-corrected chi connectivity index (χ4v) is 2.83. The van der Waals surface area contributed by atoms with Crippen molar-refractivity contribution in [2.75, 3.05) is 18.1 Å². The highest BCUT2D eigenvalue weighted by Crippen LogP contribution is 2.36. The van der Waals surface area contributed by atoms with Crippen LogP contribution in [0.4, 0.5) is 5.69 Å². The number of carbonyl (C=O) groups is 2. The number of para-hydroxylation sites is 1. The molecule has 0 unspecified atom stereocenters. The highest BCUT2D eigenvalue weighted by atomic mass is 32.1. The Morgan fingerprint density at radius 2 is 2.10 bits per heavy atom. The van der Waals surface area contributed by atoms with Crippen LogP contribution >= 0.6 is 11.3 Å². The second kappa shape index (κ2) is 4.97. The van der Waals surface area contributed by atoms with E-state index in [0.717, 1.165) is 0 Å². The molecule has 20 heavy (non-hydrogen) atoms. The highest BCUT2D eigenvalue weighted by molar-refractivity contribution is 7.12. The van der Waals surface area contributed by atoms with Gasteiger partial charge < -0.3 is 14.7 Å². The molecule has 0 spiro atoms. The van der Waals surface area contributed by atoms with Crippen LogP contribution in [0.25, 0.3) is 0 Å². The topological polar surface area (TPSA) is 66.8 Å². The molecule has 0 aliphatic carbocycles. The summed E-state index contributed by atoms with van der Waals surface area (Å²) in [4.78, 5) is 25.8. The molecule has 0 saturated carbocycles. The van der Waals surface area contributed by atoms with E-state index in [1.807, 2.05) is 11.4 Å². The molecule has 2 aromatic rings. The first kappa shape index (κ1) is 12.7. The minimum Gasteiger partial charge on any atom is -0.489 e. The van der Waals surface area contributed by atoms with Crippen molar-refractivity contribution < 1.29 is 19.4 Å². The van der Waals surface area contributed by atoms with Crippen molar-refractivity contribution in [3.63, 3.8) is 0 Å². The van der Waals surface area contributed by atoms with Crippen molar-refractivity contribution in [3.05, 3.63) is 46.2 Å². The van der Waals surface area contributed by atoms with Gasteiger partial charge in [0, 0.05) is 0 Å². The summed E-state index contributed by atoms with van der Waals surface area (Å²) < 4.78 is 5.44. The molecule has 5 nitrogen and oxygen atoms in total. The van der Waals surface area contributed by atoms with Crippen LogP contribution in [0.5, 0.6) is 5.75 Å². The zero-order valence-corrected chi connectivity index (χ0v) is 11.2. The number of amides is 1. The standard InChI is InChI=1S/C14H11NO4S/c16-13(11-5-2-8-20-11)15-6-7-19-12-9(14(17)18)3-1-4-10(12)15/h1-5,8H,6-7H2,(H,17,18). The normalized spacial score (nSPS) is 13.5. The Bertz CT molecular complexity index is 666. The molecule has 0 bridgehead atoms. The number of carboxylic acid groups (broad SMARTS) is 1. The second-order valence-corrected chi connectivity index (χ2v) is 5.19. The summed E-state index contributed by atoms with van der Waals surface area (Å²) in [5, 5.41) is 11.0. The summed E-state index contributed by atoms with van der Waals surface area (Å²) in [7, 11) is 0. The van der Waals surface area contributed by atoms with E-state index in [4.69, 9.17) is 9.84 Å². The summed E-state index contributed by atoms with van der Waals surface area (Å²) in [6.07, 6.45) is 0. The maximum atomic E-state index is 12.4. The SMILES string of the molecule is O=C(O)c1cccc2c1OCCN2C(=O)c1cccs1. The zero-order valence-electron chi connectivity index (χ0n) is 10.4. The molecular weight excluding hydrogens is 278 g/mol. The number of carbonyl (C=O) groups excluding carboxylic acids is 1. The molecule has 1 aliphatic heterocycles. The lowest BCUT2D eigenvalue weighted by Gasteiger charge is -2.29. The van der Waals surface area contributed by atoms with Crippen LogP contribution in [-0.4, -0.2) is 30.1 Å². The van der Waals surface area contributed by atoms with Gasteiger partial charge in [0.1, 0.15) is 12.2 Å². The summed E-state index contributed by atoms with van der Waals surface area (Å²) in [6, 6.07) is 8.36. The van der Waals surface area contributed by atoms with Crippen LogP contribution in [0, 0.1) is 0 Å². The quantitative estimate of drug-likeness (QED) is 0.922. The first-order valence-corrected chi connectivity index (χ1v) is 6.91. The maximum Gasteiger partial charge on any atom is 0.339 e. The van der Waals surface area contributed by atoms with Crippen molar-refractivity contribution in [2.24, 2.45) is 0 Å². The van der Waals surface area contributed by atoms with Gasteiger partial charge in [-0.2, -0.15) is 0 Å². The van der Waals surface area contributed by atoms with Crippen LogP contribution in [0.1, 0.15) is 20.0 Å². The molecule has 1 aliphatic rings. The van der Waals surface area contributed by atoms with Gasteiger partial charge in [-0.3, -0.25) is 4.79 Å². The number of benzene rings is 1. The molecule has 0 radical (unpaired) electrons. The molecule has 2 heterocycles. The predicted octanol–water partition coefficient (Wildman–Crippen LogP) is 2.49. The van der Waals surface area contributed by atoms with Gasteiger partial charge in [0.05, 0.1) is 17.1 Å². The van der Waals surface area contributed by atoms with Crippen LogP contribution in [0.2, 0.25) is 0 Å². The third-order valence-corrected chi connectivity index (χ3v) is 3.91. The number of carboxylic acids is 1. The Morgan fingerprint density at radius 1 is 1.25 bits per heavy atom. The summed E-state index contributed by atoms with van der Waals surface area (Å²) in [6.45, 7) is 0.696. The smallest absolute Gasteiger partial charge is 0.339 e. The largest absolute Gasteiger partial charge is 0.489 e. The van der Waals surface area contributed by atoms with E-state index in [1.54, 1.807) is 23.1 Å². The fourth-order valence-electron chi connectivity index (χ4n) is 2.16. The lowest BCUT2D eigenvalue weighted by molar-refractivity contribution is 0.0690. The molecule has 0 fully saturated rings. The van der Waals surface area contributed by atoms with Gasteiger partial charge >= 0.3 is 5.97 Å². The van der Waals surface area contributed by atoms with Crippen molar-refractivity contribution in [2.45, 2.75) is 0 Å². The molecule has 1 aromatic heterocycles. The van der Waals surface area contributed by atoms with E-state index in [1.165, 1.54) is 17.4 Å². The highest BCUT2D eigenvalue weighted by Gasteiger charge is 2.28. The first-order valence-electron chi connectivity index (χ1n) is 6.03. The summed E-state index contributed by atoms with van der Waals surface area (Å²) >= 11 is 1.36. The number of ether oxygens (including phenoxy) is 1. The Kier molecular flexibility index (Phi) is 3.15. The number of aromatic carboxylic acids is 1. The number of rotatable bonds is 2. The Morgan fingerprint density at radius 3 is 2.80 bits per heavy atom. The third-order valence-electron chi connectivity index (χ3n) is 3.05. The molecule has 1 aromatic carbocycles. The van der Waals surface area contributed by atoms with Crippen molar-refractivity contribution >= 4 is 28.9 Å². The van der Waals surface area contributed by atoms with Crippen LogP contribution < -0.4 is 9.64 Å². The molecule has 0 saturated heterocycles. The molecule has 102 valence electrons. The molecule has 6 heteroatoms. The number of thiophene rings is 1. The minimum atomic E-state index is -1.06. The number of nitrogens with zero attached hydrogens (tertiary/aromatic N) is 1. The lowest BCUT2D eigenvalue weighted by atomic mass is 10.1.